The summed E-state index contributed by atoms with van der Waals surface area (Å²) in [5.41, 5.74) is 2.35. The van der Waals surface area contributed by atoms with Crippen molar-refractivity contribution < 1.29 is 0 Å². The standard InChI is InChI=1S/C8H16NP/c1-7(2)5-9(10)6-8(3)4/h1,3,5-6,10H2,2,4H3. The zero-order valence-electron chi connectivity index (χ0n) is 6.85. The quantitative estimate of drug-likeness (QED) is 0.447. The predicted molar refractivity (Wildman–Crippen MR) is 50.9 cm³/mol. The fraction of sp³-hybridized carbons (Fsp3) is 0.500. The van der Waals surface area contributed by atoms with Crippen LogP contribution in [0, 0.1) is 0 Å². The molecule has 0 aliphatic carbocycles. The van der Waals surface area contributed by atoms with Gasteiger partial charge >= 0.3 is 0 Å². The Balaban J connectivity index is 3.53. The molecule has 10 heavy (non-hydrogen) atoms. The molecule has 2 heteroatoms. The van der Waals surface area contributed by atoms with E-state index in [2.05, 4.69) is 27.2 Å². The zero-order valence-corrected chi connectivity index (χ0v) is 8.01. The average Bonchev–Trinajstić information content (AvgIpc) is 1.58. The third-order valence-corrected chi connectivity index (χ3v) is 1.31. The minimum Gasteiger partial charge on any atom is -0.279 e. The Kier molecular flexibility index (Phi) is 4.59. The molecule has 0 bridgehead atoms. The van der Waals surface area contributed by atoms with Crippen molar-refractivity contribution in [3.63, 3.8) is 0 Å². The van der Waals surface area contributed by atoms with E-state index in [0.29, 0.717) is 0 Å². The molecule has 0 saturated heterocycles. The Morgan fingerprint density at radius 2 is 1.50 bits per heavy atom. The Morgan fingerprint density at radius 1 is 1.20 bits per heavy atom. The molecule has 0 spiro atoms. The number of hydrogen-bond donors (Lipinski definition) is 0. The molecule has 0 N–H and O–H groups in total. The summed E-state index contributed by atoms with van der Waals surface area (Å²) >= 11 is 0. The number of rotatable bonds is 4. The van der Waals surface area contributed by atoms with Gasteiger partial charge in [0.15, 0.2) is 0 Å². The first-order valence-electron chi connectivity index (χ1n) is 3.30. The van der Waals surface area contributed by atoms with Crippen molar-refractivity contribution in [3.05, 3.63) is 24.3 Å². The highest BCUT2D eigenvalue weighted by Gasteiger charge is 1.96. The lowest BCUT2D eigenvalue weighted by Crippen LogP contribution is -2.15. The van der Waals surface area contributed by atoms with E-state index in [1.165, 1.54) is 11.1 Å². The van der Waals surface area contributed by atoms with Crippen LogP contribution >= 0.6 is 9.39 Å². The van der Waals surface area contributed by atoms with Gasteiger partial charge in [-0.15, -0.1) is 0 Å². The van der Waals surface area contributed by atoms with Crippen LogP contribution in [-0.4, -0.2) is 17.8 Å². The van der Waals surface area contributed by atoms with Crippen molar-refractivity contribution in [1.82, 2.24) is 4.67 Å². The van der Waals surface area contributed by atoms with E-state index in [-0.39, 0.29) is 0 Å². The van der Waals surface area contributed by atoms with Gasteiger partial charge in [-0.1, -0.05) is 33.7 Å². The van der Waals surface area contributed by atoms with E-state index >= 15 is 0 Å². The maximum Gasteiger partial charge on any atom is 0.0225 e. The second kappa shape index (κ2) is 4.65. The Morgan fingerprint density at radius 3 is 1.70 bits per heavy atom. The van der Waals surface area contributed by atoms with Crippen LogP contribution in [0.15, 0.2) is 24.3 Å². The monoisotopic (exact) mass is 157 g/mol. The highest BCUT2D eigenvalue weighted by atomic mass is 31.0. The summed E-state index contributed by atoms with van der Waals surface area (Å²) in [6, 6.07) is 0. The Labute approximate surface area is 66.1 Å². The van der Waals surface area contributed by atoms with Gasteiger partial charge in [0.05, 0.1) is 0 Å². The lowest BCUT2D eigenvalue weighted by molar-refractivity contribution is 0.550. The zero-order chi connectivity index (χ0) is 8.15. The minimum absolute atomic E-state index is 0.928. The molecule has 0 heterocycles. The minimum atomic E-state index is 0.928. The molecule has 58 valence electrons. The molecule has 0 amide bonds. The summed E-state index contributed by atoms with van der Waals surface area (Å²) in [6.45, 7) is 13.5. The summed E-state index contributed by atoms with van der Waals surface area (Å²) in [5.74, 6) is 0. The predicted octanol–water partition coefficient (Wildman–Crippen LogP) is 2.23. The maximum atomic E-state index is 3.82. The Bertz CT molecular complexity index is 124. The first-order valence-corrected chi connectivity index (χ1v) is 3.82. The third-order valence-electron chi connectivity index (χ3n) is 0.946. The van der Waals surface area contributed by atoms with Crippen LogP contribution < -0.4 is 0 Å². The van der Waals surface area contributed by atoms with Gasteiger partial charge in [-0.2, -0.15) is 0 Å². The fourth-order valence-electron chi connectivity index (χ4n) is 0.749. The molecule has 0 aliphatic heterocycles. The molecule has 1 nitrogen and oxygen atoms in total. The summed E-state index contributed by atoms with van der Waals surface area (Å²) < 4.78 is 2.12. The molecule has 0 aromatic heterocycles. The van der Waals surface area contributed by atoms with Gasteiger partial charge in [-0.3, -0.25) is 4.67 Å². The molecular weight excluding hydrogens is 141 g/mol. The molecule has 1 unspecified atom stereocenters. The first kappa shape index (κ1) is 9.87. The van der Waals surface area contributed by atoms with Gasteiger partial charge in [0.1, 0.15) is 0 Å². The maximum absolute atomic E-state index is 3.82. The van der Waals surface area contributed by atoms with E-state index in [1.54, 1.807) is 0 Å². The third kappa shape index (κ3) is 6.00. The normalized spacial score (nSPS) is 10.0. The van der Waals surface area contributed by atoms with Gasteiger partial charge in [-0.05, 0) is 13.8 Å². The molecule has 0 saturated carbocycles. The van der Waals surface area contributed by atoms with E-state index < -0.39 is 0 Å². The lowest BCUT2D eigenvalue weighted by atomic mass is 10.3. The largest absolute Gasteiger partial charge is 0.279 e. The van der Waals surface area contributed by atoms with Crippen molar-refractivity contribution in [2.24, 2.45) is 0 Å². The molecule has 0 rings (SSSR count). The van der Waals surface area contributed by atoms with Crippen LogP contribution in [0.2, 0.25) is 0 Å². The molecular formula is C8H16NP. The molecule has 0 aliphatic rings. The second-order valence-electron chi connectivity index (χ2n) is 2.82. The van der Waals surface area contributed by atoms with Crippen LogP contribution in [0.4, 0.5) is 0 Å². The van der Waals surface area contributed by atoms with Crippen LogP contribution in [0.5, 0.6) is 0 Å². The van der Waals surface area contributed by atoms with E-state index in [4.69, 9.17) is 0 Å². The Hall–Kier alpha value is -0.130. The fourth-order valence-corrected chi connectivity index (χ4v) is 1.37. The second-order valence-corrected chi connectivity index (χ2v) is 3.55. The summed E-state index contributed by atoms with van der Waals surface area (Å²) in [4.78, 5) is 0. The van der Waals surface area contributed by atoms with Crippen LogP contribution in [-0.2, 0) is 0 Å². The SMILES string of the molecule is C=C(C)CN(P)CC(=C)C. The summed E-state index contributed by atoms with van der Waals surface area (Å²) in [6.07, 6.45) is 0. The lowest BCUT2D eigenvalue weighted by Gasteiger charge is -2.15. The van der Waals surface area contributed by atoms with E-state index in [1.807, 2.05) is 13.8 Å². The summed E-state index contributed by atoms with van der Waals surface area (Å²) in [7, 11) is 2.66. The van der Waals surface area contributed by atoms with Crippen molar-refractivity contribution >= 4 is 9.39 Å². The van der Waals surface area contributed by atoms with Gasteiger partial charge in [-0.25, -0.2) is 0 Å². The molecule has 1 atom stereocenters. The number of hydrogen-bond acceptors (Lipinski definition) is 1. The van der Waals surface area contributed by atoms with Crippen molar-refractivity contribution in [2.75, 3.05) is 13.1 Å². The van der Waals surface area contributed by atoms with E-state index in [9.17, 15) is 0 Å². The van der Waals surface area contributed by atoms with Gasteiger partial charge in [0.2, 0.25) is 0 Å². The van der Waals surface area contributed by atoms with E-state index in [0.717, 1.165) is 13.1 Å². The first-order chi connectivity index (χ1) is 4.52. The number of nitrogens with zero attached hydrogens (tertiary/aromatic N) is 1. The topological polar surface area (TPSA) is 3.24 Å². The summed E-state index contributed by atoms with van der Waals surface area (Å²) in [5, 5.41) is 0. The van der Waals surface area contributed by atoms with Crippen molar-refractivity contribution in [3.8, 4) is 0 Å². The van der Waals surface area contributed by atoms with Gasteiger partial charge < -0.3 is 0 Å². The molecule has 0 aromatic carbocycles. The highest BCUT2D eigenvalue weighted by molar-refractivity contribution is 7.13. The van der Waals surface area contributed by atoms with Crippen molar-refractivity contribution in [1.29, 1.82) is 0 Å². The smallest absolute Gasteiger partial charge is 0.0225 e. The molecule has 0 aromatic rings. The molecule has 0 fully saturated rings. The van der Waals surface area contributed by atoms with Crippen LogP contribution in [0.25, 0.3) is 0 Å². The molecule has 0 radical (unpaired) electrons. The highest BCUT2D eigenvalue weighted by Crippen LogP contribution is 2.04. The van der Waals surface area contributed by atoms with Crippen LogP contribution in [0.1, 0.15) is 13.8 Å². The average molecular weight is 157 g/mol. The van der Waals surface area contributed by atoms with Gasteiger partial charge in [0, 0.05) is 13.1 Å². The van der Waals surface area contributed by atoms with Crippen molar-refractivity contribution in [2.45, 2.75) is 13.8 Å². The van der Waals surface area contributed by atoms with Gasteiger partial charge in [0.25, 0.3) is 0 Å². The van der Waals surface area contributed by atoms with Crippen LogP contribution in [0.3, 0.4) is 0 Å².